The van der Waals surface area contributed by atoms with Crippen LogP contribution in [-0.2, 0) is 0 Å². The van der Waals surface area contributed by atoms with Gasteiger partial charge in [-0.2, -0.15) is 5.21 Å². The van der Waals surface area contributed by atoms with E-state index in [4.69, 9.17) is 0 Å². The first-order valence-electron chi connectivity index (χ1n) is 7.17. The first-order chi connectivity index (χ1) is 10.3. The highest BCUT2D eigenvalue weighted by Crippen LogP contribution is 2.21. The van der Waals surface area contributed by atoms with Crippen LogP contribution in [0.2, 0.25) is 0 Å². The predicted molar refractivity (Wildman–Crippen MR) is 75.6 cm³/mol. The van der Waals surface area contributed by atoms with Crippen LogP contribution >= 0.6 is 0 Å². The van der Waals surface area contributed by atoms with E-state index in [9.17, 15) is 4.79 Å². The summed E-state index contributed by atoms with van der Waals surface area (Å²) in [5, 5.41) is 19.9. The molecule has 0 spiro atoms. The zero-order valence-electron chi connectivity index (χ0n) is 11.9. The van der Waals surface area contributed by atoms with Crippen LogP contribution < -0.4 is 10.6 Å². The molecule has 112 valence electrons. The Balaban J connectivity index is 1.71. The van der Waals surface area contributed by atoms with Crippen molar-refractivity contribution < 1.29 is 4.79 Å². The van der Waals surface area contributed by atoms with Gasteiger partial charge in [0.15, 0.2) is 5.82 Å². The number of aromatic nitrogens is 5. The highest BCUT2D eigenvalue weighted by Gasteiger charge is 2.21. The summed E-state index contributed by atoms with van der Waals surface area (Å²) in [5.74, 6) is 0.360. The summed E-state index contributed by atoms with van der Waals surface area (Å²) in [7, 11) is 0. The Hall–Kier alpha value is -2.22. The van der Waals surface area contributed by atoms with E-state index in [1.165, 1.54) is 0 Å². The fourth-order valence-corrected chi connectivity index (χ4v) is 2.68. The number of piperidine rings is 1. The minimum Gasteiger partial charge on any atom is -0.341 e. The molecule has 2 aromatic rings. The Morgan fingerprint density at radius 2 is 2.29 bits per heavy atom. The summed E-state index contributed by atoms with van der Waals surface area (Å²) >= 11 is 0. The van der Waals surface area contributed by atoms with Gasteiger partial charge in [0, 0.05) is 12.2 Å². The Kier molecular flexibility index (Phi) is 3.96. The van der Waals surface area contributed by atoms with Crippen LogP contribution in [0.5, 0.6) is 0 Å². The quantitative estimate of drug-likeness (QED) is 0.757. The van der Waals surface area contributed by atoms with Gasteiger partial charge in [0.25, 0.3) is 5.91 Å². The summed E-state index contributed by atoms with van der Waals surface area (Å²) in [6, 6.07) is 3.85. The number of hydrogen-bond donors (Lipinski definition) is 3. The van der Waals surface area contributed by atoms with Crippen molar-refractivity contribution in [2.45, 2.75) is 31.8 Å². The summed E-state index contributed by atoms with van der Waals surface area (Å²) in [5.41, 5.74) is 0.678. The van der Waals surface area contributed by atoms with Crippen LogP contribution in [0.15, 0.2) is 18.3 Å². The van der Waals surface area contributed by atoms with E-state index in [2.05, 4.69) is 35.8 Å². The van der Waals surface area contributed by atoms with Crippen LogP contribution in [0.4, 0.5) is 0 Å². The van der Waals surface area contributed by atoms with Gasteiger partial charge in [-0.25, -0.2) is 0 Å². The zero-order chi connectivity index (χ0) is 14.7. The topological polar surface area (TPSA) is 101 Å². The lowest BCUT2D eigenvalue weighted by molar-refractivity contribution is 0.0925. The lowest BCUT2D eigenvalue weighted by atomic mass is 10.1. The number of nitrogens with one attached hydrogen (secondary N) is 3. The lowest BCUT2D eigenvalue weighted by Crippen LogP contribution is -2.33. The average molecular weight is 289 g/mol. The van der Waals surface area contributed by atoms with E-state index in [1.54, 1.807) is 0 Å². The van der Waals surface area contributed by atoms with Crippen LogP contribution in [0.25, 0.3) is 0 Å². The highest BCUT2D eigenvalue weighted by atomic mass is 16.2. The molecule has 0 radical (unpaired) electrons. The molecule has 8 nitrogen and oxygen atoms in total. The second kappa shape index (κ2) is 6.04. The number of amides is 1. The smallest absolute Gasteiger partial charge is 0.268 e. The molecular formula is C13H19N7O. The van der Waals surface area contributed by atoms with E-state index in [1.807, 2.05) is 25.3 Å². The zero-order valence-corrected chi connectivity index (χ0v) is 11.9. The molecule has 1 saturated heterocycles. The van der Waals surface area contributed by atoms with Crippen molar-refractivity contribution in [1.29, 1.82) is 0 Å². The van der Waals surface area contributed by atoms with Gasteiger partial charge >= 0.3 is 0 Å². The summed E-state index contributed by atoms with van der Waals surface area (Å²) < 4.78 is 2.07. The number of carbonyl (C=O) groups excluding carboxylic acids is 1. The van der Waals surface area contributed by atoms with E-state index in [0.717, 1.165) is 25.9 Å². The van der Waals surface area contributed by atoms with Crippen LogP contribution in [0, 0.1) is 0 Å². The van der Waals surface area contributed by atoms with Gasteiger partial charge in [-0.3, -0.25) is 4.79 Å². The maximum Gasteiger partial charge on any atom is 0.268 e. The first-order valence-corrected chi connectivity index (χ1v) is 7.17. The summed E-state index contributed by atoms with van der Waals surface area (Å²) in [6.07, 6.45) is 4.05. The van der Waals surface area contributed by atoms with Crippen molar-refractivity contribution >= 4 is 5.91 Å². The number of hydrogen-bond acceptors (Lipinski definition) is 5. The number of aromatic amines is 1. The number of H-pyrrole nitrogens is 1. The fourth-order valence-electron chi connectivity index (χ4n) is 2.68. The second-order valence-corrected chi connectivity index (χ2v) is 5.25. The molecule has 0 bridgehead atoms. The SMILES string of the molecule is CC(NC(=O)c1cccn1C1CCNCC1)c1nn[nH]n1. The summed E-state index contributed by atoms with van der Waals surface area (Å²) in [6.45, 7) is 3.81. The van der Waals surface area contributed by atoms with Crippen LogP contribution in [0.1, 0.15) is 48.2 Å². The molecule has 1 aliphatic heterocycles. The third-order valence-corrected chi connectivity index (χ3v) is 3.81. The molecule has 0 aromatic carbocycles. The molecule has 3 rings (SSSR count). The van der Waals surface area contributed by atoms with Gasteiger partial charge in [0.05, 0.1) is 6.04 Å². The Morgan fingerprint density at radius 1 is 1.48 bits per heavy atom. The van der Waals surface area contributed by atoms with Gasteiger partial charge in [0.1, 0.15) is 5.69 Å². The molecule has 2 aromatic heterocycles. The van der Waals surface area contributed by atoms with E-state index in [-0.39, 0.29) is 11.9 Å². The van der Waals surface area contributed by atoms with E-state index in [0.29, 0.717) is 17.6 Å². The second-order valence-electron chi connectivity index (χ2n) is 5.25. The lowest BCUT2D eigenvalue weighted by Gasteiger charge is -2.26. The molecule has 21 heavy (non-hydrogen) atoms. The van der Waals surface area contributed by atoms with Crippen molar-refractivity contribution in [3.8, 4) is 0 Å². The molecular weight excluding hydrogens is 270 g/mol. The van der Waals surface area contributed by atoms with E-state index < -0.39 is 0 Å². The van der Waals surface area contributed by atoms with Gasteiger partial charge in [0.2, 0.25) is 0 Å². The van der Waals surface area contributed by atoms with Crippen molar-refractivity contribution in [1.82, 2.24) is 35.8 Å². The van der Waals surface area contributed by atoms with Gasteiger partial charge in [-0.05, 0) is 45.0 Å². The maximum absolute atomic E-state index is 12.4. The minimum absolute atomic E-state index is 0.115. The molecule has 3 N–H and O–H groups in total. The molecule has 1 aliphatic rings. The van der Waals surface area contributed by atoms with Crippen LogP contribution in [0.3, 0.4) is 0 Å². The van der Waals surface area contributed by atoms with Gasteiger partial charge in [-0.15, -0.1) is 10.2 Å². The molecule has 8 heteroatoms. The number of rotatable bonds is 4. The average Bonchev–Trinajstić information content (AvgIpc) is 3.19. The molecule has 3 heterocycles. The number of tetrazole rings is 1. The standard InChI is InChI=1S/C13H19N7O/c1-9(12-16-18-19-17-12)15-13(21)11-3-2-8-20(11)10-4-6-14-7-5-10/h2-3,8-10,14H,4-7H2,1H3,(H,15,21)(H,16,17,18,19). The van der Waals surface area contributed by atoms with Gasteiger partial charge in [-0.1, -0.05) is 5.21 Å². The van der Waals surface area contributed by atoms with Gasteiger partial charge < -0.3 is 15.2 Å². The summed E-state index contributed by atoms with van der Waals surface area (Å²) in [4.78, 5) is 12.4. The maximum atomic E-state index is 12.4. The normalized spacial score (nSPS) is 17.6. The van der Waals surface area contributed by atoms with Crippen molar-refractivity contribution in [3.05, 3.63) is 29.8 Å². The molecule has 1 unspecified atom stereocenters. The van der Waals surface area contributed by atoms with Crippen LogP contribution in [-0.4, -0.2) is 44.2 Å². The number of carbonyl (C=O) groups is 1. The Labute approximate surface area is 122 Å². The molecule has 1 atom stereocenters. The fraction of sp³-hybridized carbons (Fsp3) is 0.538. The Bertz CT molecular complexity index is 585. The minimum atomic E-state index is -0.285. The monoisotopic (exact) mass is 289 g/mol. The highest BCUT2D eigenvalue weighted by molar-refractivity contribution is 5.93. The largest absolute Gasteiger partial charge is 0.341 e. The number of nitrogens with zero attached hydrogens (tertiary/aromatic N) is 4. The molecule has 1 amide bonds. The third kappa shape index (κ3) is 2.94. The molecule has 1 fully saturated rings. The third-order valence-electron chi connectivity index (χ3n) is 3.81. The first kappa shape index (κ1) is 13.7. The molecule has 0 saturated carbocycles. The van der Waals surface area contributed by atoms with Crippen molar-refractivity contribution in [2.75, 3.05) is 13.1 Å². The Morgan fingerprint density at radius 3 is 3.00 bits per heavy atom. The van der Waals surface area contributed by atoms with Crippen molar-refractivity contribution in [2.24, 2.45) is 0 Å². The molecule has 0 aliphatic carbocycles. The van der Waals surface area contributed by atoms with Crippen molar-refractivity contribution in [3.63, 3.8) is 0 Å². The predicted octanol–water partition coefficient (Wildman–Crippen LogP) is 0.417. The van der Waals surface area contributed by atoms with E-state index >= 15 is 0 Å².